The Morgan fingerprint density at radius 1 is 1.00 bits per heavy atom. The molecular formula is C19H24O6S. The summed E-state index contributed by atoms with van der Waals surface area (Å²) in [5.41, 5.74) is 1.61. The molecule has 0 spiro atoms. The lowest BCUT2D eigenvalue weighted by molar-refractivity contribution is -0.140. The smallest absolute Gasteiger partial charge is 0.337 e. The Balaban J connectivity index is 2.01. The molecule has 1 unspecified atom stereocenters. The zero-order valence-corrected chi connectivity index (χ0v) is 16.9. The fourth-order valence-electron chi connectivity index (χ4n) is 6.19. The highest BCUT2D eigenvalue weighted by Crippen LogP contribution is 2.73. The molecular weight excluding hydrogens is 356 g/mol. The van der Waals surface area contributed by atoms with Gasteiger partial charge in [-0.15, -0.1) is 0 Å². The molecule has 4 bridgehead atoms. The van der Waals surface area contributed by atoms with E-state index < -0.39 is 43.9 Å². The van der Waals surface area contributed by atoms with Crippen molar-refractivity contribution < 1.29 is 28.0 Å². The highest BCUT2D eigenvalue weighted by molar-refractivity contribution is 7.89. The van der Waals surface area contributed by atoms with Gasteiger partial charge < -0.3 is 14.2 Å². The number of ether oxygens (including phenoxy) is 3. The number of esters is 2. The first kappa shape index (κ1) is 17.9. The Morgan fingerprint density at radius 2 is 1.54 bits per heavy atom. The molecule has 0 aromatic heterocycles. The van der Waals surface area contributed by atoms with E-state index in [-0.39, 0.29) is 23.0 Å². The van der Waals surface area contributed by atoms with Crippen molar-refractivity contribution in [2.24, 2.45) is 11.8 Å². The maximum atomic E-state index is 13.6. The van der Waals surface area contributed by atoms with Gasteiger partial charge in [0.15, 0.2) is 0 Å². The van der Waals surface area contributed by atoms with Gasteiger partial charge in [0.1, 0.15) is 5.60 Å². The van der Waals surface area contributed by atoms with Crippen LogP contribution in [0.3, 0.4) is 0 Å². The van der Waals surface area contributed by atoms with Gasteiger partial charge in [-0.25, -0.2) is 9.59 Å². The zero-order chi connectivity index (χ0) is 19.4. The lowest BCUT2D eigenvalue weighted by atomic mass is 9.56. The van der Waals surface area contributed by atoms with E-state index in [1.807, 2.05) is 34.6 Å². The molecule has 0 amide bonds. The monoisotopic (exact) mass is 380 g/mol. The van der Waals surface area contributed by atoms with Gasteiger partial charge in [0.25, 0.3) is 0 Å². The summed E-state index contributed by atoms with van der Waals surface area (Å²) in [6.07, 6.45) is -0.620. The maximum absolute atomic E-state index is 13.6. The van der Waals surface area contributed by atoms with Crippen LogP contribution in [-0.2, 0) is 34.6 Å². The van der Waals surface area contributed by atoms with Gasteiger partial charge in [-0.05, 0) is 34.6 Å². The van der Waals surface area contributed by atoms with Crippen LogP contribution in [0.2, 0.25) is 0 Å². The van der Waals surface area contributed by atoms with E-state index in [9.17, 15) is 13.8 Å². The zero-order valence-electron chi connectivity index (χ0n) is 16.1. The molecule has 4 aliphatic rings. The Bertz CT molecular complexity index is 856. The minimum atomic E-state index is -1.17. The first-order chi connectivity index (χ1) is 12.0. The molecule has 6 nitrogen and oxygen atoms in total. The summed E-state index contributed by atoms with van der Waals surface area (Å²) in [7, 11) is 1.40. The molecule has 0 saturated carbocycles. The van der Waals surface area contributed by atoms with Gasteiger partial charge in [0.2, 0.25) is 0 Å². The van der Waals surface area contributed by atoms with Gasteiger partial charge in [0.05, 0.1) is 41.0 Å². The third kappa shape index (κ3) is 1.50. The minimum Gasteiger partial charge on any atom is -0.466 e. The van der Waals surface area contributed by atoms with Crippen molar-refractivity contribution in [3.8, 4) is 0 Å². The van der Waals surface area contributed by atoms with Crippen molar-refractivity contribution in [3.63, 3.8) is 0 Å². The molecule has 0 aromatic rings. The van der Waals surface area contributed by atoms with Gasteiger partial charge in [-0.3, -0.25) is 4.21 Å². The first-order valence-corrected chi connectivity index (χ1v) is 9.87. The van der Waals surface area contributed by atoms with Crippen LogP contribution in [0.25, 0.3) is 0 Å². The molecule has 2 fully saturated rings. The fraction of sp³-hybridized carbons (Fsp3) is 0.684. The van der Waals surface area contributed by atoms with Gasteiger partial charge in [-0.1, -0.05) is 11.1 Å². The molecule has 26 heavy (non-hydrogen) atoms. The molecule has 0 aromatic carbocycles. The van der Waals surface area contributed by atoms with E-state index >= 15 is 0 Å². The number of methoxy groups -OCH3 is 2. The van der Waals surface area contributed by atoms with Crippen molar-refractivity contribution in [3.05, 3.63) is 22.3 Å². The van der Waals surface area contributed by atoms with Gasteiger partial charge in [-0.2, -0.15) is 0 Å². The Labute approximate surface area is 155 Å². The summed E-state index contributed by atoms with van der Waals surface area (Å²) >= 11 is 0. The van der Waals surface area contributed by atoms with Gasteiger partial charge in [0, 0.05) is 22.6 Å². The van der Waals surface area contributed by atoms with Crippen LogP contribution in [0.5, 0.6) is 0 Å². The van der Waals surface area contributed by atoms with Crippen LogP contribution in [0, 0.1) is 11.8 Å². The molecule has 4 heterocycles. The quantitative estimate of drug-likeness (QED) is 0.536. The third-order valence-corrected chi connectivity index (χ3v) is 10.2. The Morgan fingerprint density at radius 3 is 2.08 bits per heavy atom. The standard InChI is InChI=1S/C19H24O6S/c1-8-9(2)19(5)14-12(18(8,4)26(19)22)13-10(15(20)23-6)11(16(21)24-7)17(14,3)25-13/h12-14H,1-7H3/t12-,13-,14-,17+,18-,19+,26?/m0/s1. The summed E-state index contributed by atoms with van der Waals surface area (Å²) in [6.45, 7) is 9.86. The largest absolute Gasteiger partial charge is 0.466 e. The lowest BCUT2D eigenvalue weighted by Crippen LogP contribution is -2.52. The van der Waals surface area contributed by atoms with E-state index in [0.717, 1.165) is 11.1 Å². The average molecular weight is 380 g/mol. The van der Waals surface area contributed by atoms with Crippen LogP contribution < -0.4 is 0 Å². The lowest BCUT2D eigenvalue weighted by Gasteiger charge is -2.43. The summed E-state index contributed by atoms with van der Waals surface area (Å²) < 4.78 is 28.6. The normalized spacial score (nSPS) is 48.3. The maximum Gasteiger partial charge on any atom is 0.337 e. The first-order valence-electron chi connectivity index (χ1n) is 8.72. The summed E-state index contributed by atoms with van der Waals surface area (Å²) in [6, 6.07) is 0. The van der Waals surface area contributed by atoms with E-state index in [1.54, 1.807) is 0 Å². The number of carbonyl (C=O) groups is 2. The van der Waals surface area contributed by atoms with Crippen molar-refractivity contribution >= 4 is 22.7 Å². The van der Waals surface area contributed by atoms with Crippen molar-refractivity contribution in [1.82, 2.24) is 0 Å². The Kier molecular flexibility index (Phi) is 3.36. The second-order valence-electron chi connectivity index (χ2n) is 8.15. The van der Waals surface area contributed by atoms with E-state index in [4.69, 9.17) is 14.2 Å². The highest BCUT2D eigenvalue weighted by Gasteiger charge is 2.81. The molecule has 0 aliphatic carbocycles. The average Bonchev–Trinajstić information content (AvgIpc) is 3.20. The van der Waals surface area contributed by atoms with Crippen molar-refractivity contribution in [2.75, 3.05) is 14.2 Å². The fourth-order valence-corrected chi connectivity index (χ4v) is 9.05. The second kappa shape index (κ2) is 4.87. The minimum absolute atomic E-state index is 0.149. The number of carbonyl (C=O) groups excluding carboxylic acids is 2. The summed E-state index contributed by atoms with van der Waals surface area (Å²) in [4.78, 5) is 25.1. The topological polar surface area (TPSA) is 78.9 Å². The van der Waals surface area contributed by atoms with Crippen LogP contribution in [0.15, 0.2) is 22.3 Å². The number of hydrogen-bond donors (Lipinski definition) is 0. The molecule has 4 aliphatic heterocycles. The van der Waals surface area contributed by atoms with E-state index in [1.165, 1.54) is 14.2 Å². The molecule has 7 atom stereocenters. The van der Waals surface area contributed by atoms with Crippen LogP contribution >= 0.6 is 0 Å². The third-order valence-electron chi connectivity index (χ3n) is 7.55. The number of fused-ring (bicyclic) bond motifs is 9. The molecule has 0 N–H and O–H groups in total. The highest BCUT2D eigenvalue weighted by atomic mass is 32.2. The Hall–Kier alpha value is -1.47. The predicted molar refractivity (Wildman–Crippen MR) is 94.6 cm³/mol. The number of hydrogen-bond acceptors (Lipinski definition) is 6. The van der Waals surface area contributed by atoms with Gasteiger partial charge >= 0.3 is 11.9 Å². The van der Waals surface area contributed by atoms with Crippen LogP contribution in [-0.4, -0.2) is 51.6 Å². The molecule has 7 heteroatoms. The number of rotatable bonds is 2. The van der Waals surface area contributed by atoms with Crippen LogP contribution in [0.1, 0.15) is 34.6 Å². The molecule has 0 radical (unpaired) electrons. The summed E-state index contributed by atoms with van der Waals surface area (Å²) in [5, 5.41) is 0. The second-order valence-corrected chi connectivity index (χ2v) is 10.4. The molecule has 2 saturated heterocycles. The molecule has 142 valence electrons. The molecule has 4 rings (SSSR count). The van der Waals surface area contributed by atoms with Crippen molar-refractivity contribution in [1.29, 1.82) is 0 Å². The SMILES string of the molecule is COC(=O)C1=C(C(=O)OC)[C@@]2(C)O[C@@H]1[C@H]1[C@@H]2[C@@]2(C)C(C)=C(C)[C@]1(C)S2=O. The van der Waals surface area contributed by atoms with E-state index in [0.29, 0.717) is 0 Å². The van der Waals surface area contributed by atoms with Crippen LogP contribution in [0.4, 0.5) is 0 Å². The van der Waals surface area contributed by atoms with E-state index in [2.05, 4.69) is 0 Å². The van der Waals surface area contributed by atoms with Crippen molar-refractivity contribution in [2.45, 2.75) is 55.8 Å². The predicted octanol–water partition coefficient (Wildman–Crippen LogP) is 1.66. The summed E-state index contributed by atoms with van der Waals surface area (Å²) in [5.74, 6) is -1.49.